The minimum Gasteiger partial charge on any atom is -0.399 e. The molecular weight excluding hydrogens is 917 g/mol. The first-order chi connectivity index (χ1) is 32.8. The van der Waals surface area contributed by atoms with Gasteiger partial charge in [0.05, 0.1) is 70.2 Å². The number of nitrogens with two attached hydrogens (primary N) is 2. The van der Waals surface area contributed by atoms with Crippen LogP contribution in [0, 0.1) is 0 Å². The van der Waals surface area contributed by atoms with Crippen molar-refractivity contribution in [2.24, 2.45) is 0 Å². The lowest BCUT2D eigenvalue weighted by Gasteiger charge is -2.34. The Labute approximate surface area is 389 Å². The van der Waals surface area contributed by atoms with Crippen LogP contribution in [0.15, 0.2) is 120 Å². The average Bonchev–Trinajstić information content (AvgIpc) is 3.79. The van der Waals surface area contributed by atoms with Gasteiger partial charge in [-0.05, 0) is 71.8 Å². The van der Waals surface area contributed by atoms with Crippen LogP contribution in [0.1, 0.15) is 34.3 Å². The molecule has 4 aromatic rings. The predicted molar refractivity (Wildman–Crippen MR) is 238 cm³/mol. The quantitative estimate of drug-likeness (QED) is 0.0547. The number of rotatable bonds is 14. The second kappa shape index (κ2) is 18.9. The minimum absolute atomic E-state index is 0.0739. The summed E-state index contributed by atoms with van der Waals surface area (Å²) in [5, 5.41) is 13.8. The van der Waals surface area contributed by atoms with Gasteiger partial charge in [-0.2, -0.15) is 26.3 Å². The van der Waals surface area contributed by atoms with Gasteiger partial charge in [0.15, 0.2) is 0 Å². The summed E-state index contributed by atoms with van der Waals surface area (Å²) in [5.41, 5.74) is 11.6. The third kappa shape index (κ3) is 9.98. The standard InChI is InChI=1S/C46H43F6N11O6/c47-45(48,49)27-3-1-5-31(19-27)62-33-21-60(41(66)37(33)39(58-43(62)68)25-7-11-29(53)12-8-25)23-35(64)56-17-15-55-16-18-57-36(65)24-61-22-34-38(42(61)67)40(26-9-13-30(54)14-10-26)59-44(69)63(34)32-6-2-4-28(20-32)46(50,51)52/h1-14,19-20,39-40,55H,15-18,21-24,53-54H2,(H,56,64)(H,57,65)(H,58,68)(H,59,69)/t39-,40-/m1/s1. The average molecular weight is 960 g/mol. The molecule has 0 spiro atoms. The molecule has 17 nitrogen and oxygen atoms in total. The Hall–Kier alpha value is -8.08. The molecular formula is C46H43F6N11O6. The Morgan fingerprint density at radius 3 is 1.30 bits per heavy atom. The van der Waals surface area contributed by atoms with Crippen LogP contribution >= 0.6 is 0 Å². The van der Waals surface area contributed by atoms with E-state index in [1.54, 1.807) is 48.5 Å². The van der Waals surface area contributed by atoms with Gasteiger partial charge in [-0.25, -0.2) is 9.59 Å². The molecule has 8 amide bonds. The van der Waals surface area contributed by atoms with Gasteiger partial charge in [0.2, 0.25) is 11.8 Å². The molecule has 0 saturated carbocycles. The zero-order valence-corrected chi connectivity index (χ0v) is 36.2. The molecule has 9 N–H and O–H groups in total. The Morgan fingerprint density at radius 2 is 0.942 bits per heavy atom. The zero-order chi connectivity index (χ0) is 49.4. The molecule has 360 valence electrons. The molecule has 8 rings (SSSR count). The molecule has 0 saturated heterocycles. The maximum Gasteiger partial charge on any atom is 0.416 e. The number of nitrogens with one attached hydrogen (secondary N) is 5. The van der Waals surface area contributed by atoms with Crippen molar-refractivity contribution >= 4 is 58.4 Å². The highest BCUT2D eigenvalue weighted by Gasteiger charge is 2.47. The SMILES string of the molecule is Nc1ccc([C@H]2NC(=O)N(c3cccc(C(F)(F)F)c3)C3=C2C(=O)N(CC(=O)NCCNCCNC(=O)CN2CC4=C(C2=O)[C@@H](c2ccc(N)cc2)NC(=O)N4c2cccc(C(F)(F)F)c2)C3)cc1. The van der Waals surface area contributed by atoms with Crippen LogP contribution in [-0.2, 0) is 31.5 Å². The fourth-order valence-electron chi connectivity index (χ4n) is 8.48. The van der Waals surface area contributed by atoms with Crippen LogP contribution in [0.4, 0.5) is 58.7 Å². The van der Waals surface area contributed by atoms with E-state index in [-0.39, 0.29) is 73.2 Å². The van der Waals surface area contributed by atoms with Gasteiger partial charge in [-0.1, -0.05) is 36.4 Å². The number of carbonyl (C=O) groups is 6. The van der Waals surface area contributed by atoms with Gasteiger partial charge < -0.3 is 47.9 Å². The Kier molecular flexibility index (Phi) is 13.0. The molecule has 2 atom stereocenters. The van der Waals surface area contributed by atoms with Crippen molar-refractivity contribution in [3.05, 3.63) is 142 Å². The first-order valence-corrected chi connectivity index (χ1v) is 21.3. The van der Waals surface area contributed by atoms with E-state index in [9.17, 15) is 55.1 Å². The van der Waals surface area contributed by atoms with Crippen LogP contribution in [0.25, 0.3) is 0 Å². The molecule has 4 heterocycles. The topological polar surface area (TPSA) is 228 Å². The Balaban J connectivity index is 0.838. The van der Waals surface area contributed by atoms with E-state index in [0.717, 1.165) is 46.2 Å². The van der Waals surface area contributed by atoms with E-state index < -0.39 is 84.3 Å². The molecule has 0 radical (unpaired) electrons. The van der Waals surface area contributed by atoms with Crippen molar-refractivity contribution in [1.82, 2.24) is 36.4 Å². The van der Waals surface area contributed by atoms with Crippen LogP contribution in [0.5, 0.6) is 0 Å². The predicted octanol–water partition coefficient (Wildman–Crippen LogP) is 4.15. The molecule has 4 aromatic carbocycles. The van der Waals surface area contributed by atoms with Crippen LogP contribution in [0.3, 0.4) is 0 Å². The highest BCUT2D eigenvalue weighted by atomic mass is 19.4. The van der Waals surface area contributed by atoms with E-state index in [1.807, 2.05) is 0 Å². The lowest BCUT2D eigenvalue weighted by Crippen LogP contribution is -2.47. The molecule has 0 aliphatic carbocycles. The van der Waals surface area contributed by atoms with Crippen molar-refractivity contribution in [3.63, 3.8) is 0 Å². The fourth-order valence-corrected chi connectivity index (χ4v) is 8.48. The number of hydrogen-bond acceptors (Lipinski definition) is 9. The van der Waals surface area contributed by atoms with Crippen molar-refractivity contribution in [2.45, 2.75) is 24.4 Å². The van der Waals surface area contributed by atoms with Gasteiger partial charge in [0.1, 0.15) is 13.1 Å². The maximum absolute atomic E-state index is 13.9. The Bertz CT molecular complexity index is 2590. The monoisotopic (exact) mass is 959 g/mol. The summed E-state index contributed by atoms with van der Waals surface area (Å²) < 4.78 is 82.0. The number of benzene rings is 4. The van der Waals surface area contributed by atoms with E-state index in [2.05, 4.69) is 26.6 Å². The molecule has 4 aliphatic rings. The Morgan fingerprint density at radius 1 is 0.565 bits per heavy atom. The second-order valence-electron chi connectivity index (χ2n) is 16.4. The summed E-state index contributed by atoms with van der Waals surface area (Å²) in [6, 6.07) is 17.4. The lowest BCUT2D eigenvalue weighted by molar-refractivity contribution is -0.138. The molecule has 0 aromatic heterocycles. The summed E-state index contributed by atoms with van der Waals surface area (Å²) in [4.78, 5) is 85.5. The number of nitrogens with zero attached hydrogens (tertiary/aromatic N) is 4. The zero-order valence-electron chi connectivity index (χ0n) is 36.2. The number of nitrogen functional groups attached to an aromatic ring is 2. The number of amides is 8. The summed E-state index contributed by atoms with van der Waals surface area (Å²) in [5.74, 6) is -2.36. The number of urea groups is 2. The molecule has 0 fully saturated rings. The first kappa shape index (κ1) is 47.4. The van der Waals surface area contributed by atoms with E-state index in [4.69, 9.17) is 11.5 Å². The van der Waals surface area contributed by atoms with Crippen LogP contribution < -0.4 is 47.9 Å². The van der Waals surface area contributed by atoms with Gasteiger partial charge >= 0.3 is 24.4 Å². The molecule has 0 bridgehead atoms. The van der Waals surface area contributed by atoms with Crippen molar-refractivity contribution in [3.8, 4) is 0 Å². The molecule has 4 aliphatic heterocycles. The summed E-state index contributed by atoms with van der Waals surface area (Å²) in [6.07, 6.45) is -9.42. The van der Waals surface area contributed by atoms with Gasteiger partial charge in [-0.3, -0.25) is 29.0 Å². The summed E-state index contributed by atoms with van der Waals surface area (Å²) >= 11 is 0. The largest absolute Gasteiger partial charge is 0.416 e. The molecule has 23 heteroatoms. The third-order valence-electron chi connectivity index (χ3n) is 11.7. The van der Waals surface area contributed by atoms with Crippen LogP contribution in [0.2, 0.25) is 0 Å². The number of anilines is 4. The highest BCUT2D eigenvalue weighted by molar-refractivity contribution is 6.09. The van der Waals surface area contributed by atoms with Gasteiger partial charge in [0, 0.05) is 37.6 Å². The minimum atomic E-state index is -4.71. The third-order valence-corrected chi connectivity index (χ3v) is 11.7. The number of halogens is 6. The fraction of sp³-hybridized carbons (Fsp3) is 0.261. The van der Waals surface area contributed by atoms with Gasteiger partial charge in [-0.15, -0.1) is 0 Å². The smallest absolute Gasteiger partial charge is 0.399 e. The summed E-state index contributed by atoms with van der Waals surface area (Å²) in [7, 11) is 0. The van der Waals surface area contributed by atoms with E-state index in [0.29, 0.717) is 22.5 Å². The van der Waals surface area contributed by atoms with Crippen LogP contribution in [-0.4, -0.2) is 97.8 Å². The maximum atomic E-state index is 13.9. The van der Waals surface area contributed by atoms with Crippen molar-refractivity contribution in [2.75, 3.05) is 73.6 Å². The summed E-state index contributed by atoms with van der Waals surface area (Å²) in [6.45, 7) is -0.830. The lowest BCUT2D eigenvalue weighted by atomic mass is 9.95. The second-order valence-corrected chi connectivity index (χ2v) is 16.4. The van der Waals surface area contributed by atoms with E-state index >= 15 is 0 Å². The van der Waals surface area contributed by atoms with Crippen molar-refractivity contribution < 1.29 is 55.1 Å². The number of carbonyl (C=O) groups excluding carboxylic acids is 6. The number of alkyl halides is 6. The normalized spacial score (nSPS) is 18.3. The first-order valence-electron chi connectivity index (χ1n) is 21.3. The van der Waals surface area contributed by atoms with E-state index in [1.165, 1.54) is 21.9 Å². The molecule has 0 unspecified atom stereocenters. The highest BCUT2D eigenvalue weighted by Crippen LogP contribution is 2.42. The number of hydrogen-bond donors (Lipinski definition) is 7. The van der Waals surface area contributed by atoms with Gasteiger partial charge in [0.25, 0.3) is 11.8 Å². The van der Waals surface area contributed by atoms with Crippen molar-refractivity contribution in [1.29, 1.82) is 0 Å². The molecule has 69 heavy (non-hydrogen) atoms.